The van der Waals surface area contributed by atoms with Gasteiger partial charge in [0.1, 0.15) is 12.6 Å². The van der Waals surface area contributed by atoms with E-state index in [4.69, 9.17) is 4.74 Å². The minimum atomic E-state index is -4.38. The fraction of sp³-hybridized carbons (Fsp3) is 0.462. The van der Waals surface area contributed by atoms with E-state index in [-0.39, 0.29) is 12.6 Å². The maximum absolute atomic E-state index is 12.5. The van der Waals surface area contributed by atoms with Crippen LogP contribution in [0.25, 0.3) is 0 Å². The molecule has 3 nitrogen and oxygen atoms in total. The first kappa shape index (κ1) is 13.9. The number of carbonyl (C=O) groups is 1. The Morgan fingerprint density at radius 3 is 2.84 bits per heavy atom. The van der Waals surface area contributed by atoms with Gasteiger partial charge in [0.25, 0.3) is 0 Å². The van der Waals surface area contributed by atoms with E-state index in [0.29, 0.717) is 12.0 Å². The maximum Gasteiger partial charge on any atom is 0.416 e. The van der Waals surface area contributed by atoms with Crippen LogP contribution in [-0.2, 0) is 22.3 Å². The second kappa shape index (κ2) is 5.61. The molecule has 0 bridgehead atoms. The summed E-state index contributed by atoms with van der Waals surface area (Å²) in [6.07, 6.45) is -2.77. The Morgan fingerprint density at radius 2 is 2.21 bits per heavy atom. The smallest absolute Gasteiger partial charge is 0.416 e. The average molecular weight is 273 g/mol. The van der Waals surface area contributed by atoms with Gasteiger partial charge in [0.15, 0.2) is 0 Å². The summed E-state index contributed by atoms with van der Waals surface area (Å²) in [5, 5.41) is 2.97. The minimum Gasteiger partial charge on any atom is -0.460 e. The number of ether oxygens (including phenoxy) is 1. The Labute approximate surface area is 108 Å². The second-order valence-electron chi connectivity index (χ2n) is 4.45. The summed E-state index contributed by atoms with van der Waals surface area (Å²) in [6.45, 7) is 0.629. The molecule has 104 valence electrons. The number of esters is 1. The first-order chi connectivity index (χ1) is 8.97. The van der Waals surface area contributed by atoms with Gasteiger partial charge < -0.3 is 10.1 Å². The zero-order valence-corrected chi connectivity index (χ0v) is 10.2. The molecule has 2 rings (SSSR count). The minimum absolute atomic E-state index is 0.138. The molecule has 0 aliphatic carbocycles. The first-order valence-electron chi connectivity index (χ1n) is 6.03. The molecule has 0 saturated carbocycles. The summed E-state index contributed by atoms with van der Waals surface area (Å²) in [4.78, 5) is 11.6. The van der Waals surface area contributed by atoms with E-state index in [9.17, 15) is 18.0 Å². The Kier molecular flexibility index (Phi) is 4.09. The molecule has 0 aromatic heterocycles. The summed E-state index contributed by atoms with van der Waals surface area (Å²) in [5.41, 5.74) is -0.402. The van der Waals surface area contributed by atoms with Crippen LogP contribution in [0.3, 0.4) is 0 Å². The standard InChI is InChI=1S/C13H14F3NO2/c14-13(15,16)10-4-1-3-9(7-10)8-19-12(18)11-5-2-6-17-11/h1,3-4,7,11,17H,2,5-6,8H2. The molecule has 1 fully saturated rings. The van der Waals surface area contributed by atoms with Gasteiger partial charge in [0, 0.05) is 0 Å². The van der Waals surface area contributed by atoms with Crippen molar-refractivity contribution in [2.24, 2.45) is 0 Å². The van der Waals surface area contributed by atoms with E-state index in [2.05, 4.69) is 5.32 Å². The quantitative estimate of drug-likeness (QED) is 0.860. The fourth-order valence-corrected chi connectivity index (χ4v) is 1.98. The number of rotatable bonds is 3. The average Bonchev–Trinajstić information content (AvgIpc) is 2.89. The number of nitrogens with one attached hydrogen (secondary N) is 1. The third kappa shape index (κ3) is 3.70. The van der Waals surface area contributed by atoms with E-state index < -0.39 is 17.7 Å². The lowest BCUT2D eigenvalue weighted by atomic mass is 10.1. The van der Waals surface area contributed by atoms with Crippen molar-refractivity contribution in [2.45, 2.75) is 31.7 Å². The van der Waals surface area contributed by atoms with Crippen LogP contribution in [0, 0.1) is 0 Å². The van der Waals surface area contributed by atoms with Crippen LogP contribution < -0.4 is 5.32 Å². The van der Waals surface area contributed by atoms with Gasteiger partial charge in [-0.25, -0.2) is 0 Å². The van der Waals surface area contributed by atoms with Crippen molar-refractivity contribution in [2.75, 3.05) is 6.54 Å². The molecule has 0 spiro atoms. The van der Waals surface area contributed by atoms with Crippen molar-refractivity contribution < 1.29 is 22.7 Å². The Morgan fingerprint density at radius 1 is 1.42 bits per heavy atom. The molecule has 1 aromatic rings. The van der Waals surface area contributed by atoms with Gasteiger partial charge in [-0.3, -0.25) is 4.79 Å². The fourth-order valence-electron chi connectivity index (χ4n) is 1.98. The lowest BCUT2D eigenvalue weighted by molar-refractivity contribution is -0.147. The Bertz CT molecular complexity index is 453. The molecule has 1 N–H and O–H groups in total. The summed E-state index contributed by atoms with van der Waals surface area (Å²) in [5.74, 6) is -0.407. The Hall–Kier alpha value is -1.56. The highest BCUT2D eigenvalue weighted by atomic mass is 19.4. The normalized spacial score (nSPS) is 19.4. The molecule has 1 heterocycles. The molecular weight excluding hydrogens is 259 g/mol. The predicted molar refractivity (Wildman–Crippen MR) is 62.3 cm³/mol. The number of alkyl halides is 3. The summed E-state index contributed by atoms with van der Waals surface area (Å²) >= 11 is 0. The SMILES string of the molecule is O=C(OCc1cccc(C(F)(F)F)c1)C1CCCN1. The third-order valence-corrected chi connectivity index (χ3v) is 2.98. The van der Waals surface area contributed by atoms with Crippen LogP contribution in [0.4, 0.5) is 13.2 Å². The molecule has 1 unspecified atom stereocenters. The molecule has 19 heavy (non-hydrogen) atoms. The number of hydrogen-bond donors (Lipinski definition) is 1. The zero-order valence-electron chi connectivity index (χ0n) is 10.2. The predicted octanol–water partition coefficient (Wildman–Crippen LogP) is 2.50. The molecule has 1 aliphatic heterocycles. The van der Waals surface area contributed by atoms with Gasteiger partial charge in [-0.2, -0.15) is 13.2 Å². The first-order valence-corrected chi connectivity index (χ1v) is 6.03. The number of benzene rings is 1. The van der Waals surface area contributed by atoms with Gasteiger partial charge >= 0.3 is 12.1 Å². The van der Waals surface area contributed by atoms with Crippen LogP contribution >= 0.6 is 0 Å². The lowest BCUT2D eigenvalue weighted by Gasteiger charge is -2.12. The van der Waals surface area contributed by atoms with E-state index in [0.717, 1.165) is 25.1 Å². The third-order valence-electron chi connectivity index (χ3n) is 2.98. The van der Waals surface area contributed by atoms with E-state index in [1.54, 1.807) is 0 Å². The summed E-state index contributed by atoms with van der Waals surface area (Å²) < 4.78 is 42.5. The molecule has 6 heteroatoms. The number of carbonyl (C=O) groups excluding carboxylic acids is 1. The van der Waals surface area contributed by atoms with E-state index in [1.807, 2.05) is 0 Å². The summed E-state index contributed by atoms with van der Waals surface area (Å²) in [7, 11) is 0. The van der Waals surface area contributed by atoms with Gasteiger partial charge in [-0.1, -0.05) is 12.1 Å². The highest BCUT2D eigenvalue weighted by Crippen LogP contribution is 2.29. The van der Waals surface area contributed by atoms with Gasteiger partial charge in [0.2, 0.25) is 0 Å². The van der Waals surface area contributed by atoms with Crippen molar-refractivity contribution in [1.29, 1.82) is 0 Å². The van der Waals surface area contributed by atoms with Crippen molar-refractivity contribution in [3.63, 3.8) is 0 Å². The van der Waals surface area contributed by atoms with Crippen molar-refractivity contribution >= 4 is 5.97 Å². The van der Waals surface area contributed by atoms with Gasteiger partial charge in [0.05, 0.1) is 5.56 Å². The molecule has 1 saturated heterocycles. The molecular formula is C13H14F3NO2. The van der Waals surface area contributed by atoms with Crippen LogP contribution in [0.2, 0.25) is 0 Å². The maximum atomic E-state index is 12.5. The lowest BCUT2D eigenvalue weighted by Crippen LogP contribution is -2.32. The van der Waals surface area contributed by atoms with Crippen molar-refractivity contribution in [3.8, 4) is 0 Å². The molecule has 0 amide bonds. The monoisotopic (exact) mass is 273 g/mol. The van der Waals surface area contributed by atoms with Crippen molar-refractivity contribution in [3.05, 3.63) is 35.4 Å². The second-order valence-corrected chi connectivity index (χ2v) is 4.45. The van der Waals surface area contributed by atoms with Gasteiger partial charge in [-0.15, -0.1) is 0 Å². The highest BCUT2D eigenvalue weighted by molar-refractivity contribution is 5.76. The topological polar surface area (TPSA) is 38.3 Å². The summed E-state index contributed by atoms with van der Waals surface area (Å²) in [6, 6.07) is 4.47. The number of hydrogen-bond acceptors (Lipinski definition) is 3. The Balaban J connectivity index is 1.94. The van der Waals surface area contributed by atoms with E-state index >= 15 is 0 Å². The molecule has 0 radical (unpaired) electrons. The van der Waals surface area contributed by atoms with Crippen LogP contribution in [0.5, 0.6) is 0 Å². The highest BCUT2D eigenvalue weighted by Gasteiger charge is 2.30. The van der Waals surface area contributed by atoms with Crippen molar-refractivity contribution in [1.82, 2.24) is 5.32 Å². The molecule has 1 aromatic carbocycles. The van der Waals surface area contributed by atoms with Crippen LogP contribution in [0.15, 0.2) is 24.3 Å². The molecule has 1 atom stereocenters. The van der Waals surface area contributed by atoms with Gasteiger partial charge in [-0.05, 0) is 37.1 Å². The number of halogens is 3. The zero-order chi connectivity index (χ0) is 13.9. The van der Waals surface area contributed by atoms with Crippen LogP contribution in [-0.4, -0.2) is 18.6 Å². The van der Waals surface area contributed by atoms with Crippen LogP contribution in [0.1, 0.15) is 24.0 Å². The van der Waals surface area contributed by atoms with E-state index in [1.165, 1.54) is 12.1 Å². The largest absolute Gasteiger partial charge is 0.460 e. The molecule has 1 aliphatic rings.